The van der Waals surface area contributed by atoms with E-state index < -0.39 is 12.3 Å². The van der Waals surface area contributed by atoms with Gasteiger partial charge in [-0.25, -0.2) is 14.8 Å². The molecular formula is C26H35N7O6. The van der Waals surface area contributed by atoms with Crippen LogP contribution < -0.4 is 15.5 Å². The third kappa shape index (κ3) is 7.39. The van der Waals surface area contributed by atoms with E-state index in [0.717, 1.165) is 17.5 Å². The molecule has 3 rings (SSSR count). The molecule has 210 valence electrons. The van der Waals surface area contributed by atoms with Crippen LogP contribution in [0.3, 0.4) is 0 Å². The van der Waals surface area contributed by atoms with Crippen LogP contribution in [0.5, 0.6) is 0 Å². The molecule has 0 radical (unpaired) electrons. The first-order valence-corrected chi connectivity index (χ1v) is 12.4. The first-order valence-electron chi connectivity index (χ1n) is 12.4. The minimum atomic E-state index is -0.802. The number of nitriles is 1. The zero-order valence-corrected chi connectivity index (χ0v) is 22.9. The number of nitrogens with zero attached hydrogens (tertiary/aromatic N) is 5. The van der Waals surface area contributed by atoms with Crippen molar-refractivity contribution in [1.29, 1.82) is 5.26 Å². The van der Waals surface area contributed by atoms with Gasteiger partial charge in [-0.05, 0) is 30.0 Å². The summed E-state index contributed by atoms with van der Waals surface area (Å²) in [4.78, 5) is 37.9. The molecule has 0 aliphatic carbocycles. The summed E-state index contributed by atoms with van der Waals surface area (Å²) in [7, 11) is 7.73. The number of hydrogen-bond acceptors (Lipinski definition) is 10. The topological polar surface area (TPSA) is 151 Å². The molecule has 0 unspecified atom stereocenters. The van der Waals surface area contributed by atoms with Crippen LogP contribution in [-0.2, 0) is 36.7 Å². The summed E-state index contributed by atoms with van der Waals surface area (Å²) in [6.07, 6.45) is 2.04. The Kier molecular flexibility index (Phi) is 10.9. The number of aryl methyl sites for hydroxylation is 1. The summed E-state index contributed by atoms with van der Waals surface area (Å²) < 4.78 is 21.0. The zero-order valence-electron chi connectivity index (χ0n) is 22.9. The van der Waals surface area contributed by atoms with E-state index in [4.69, 9.17) is 23.9 Å². The molecule has 1 aliphatic rings. The van der Waals surface area contributed by atoms with Crippen molar-refractivity contribution < 1.29 is 28.5 Å². The van der Waals surface area contributed by atoms with E-state index in [1.165, 1.54) is 27.5 Å². The molecule has 0 fully saturated rings. The van der Waals surface area contributed by atoms with Gasteiger partial charge in [-0.3, -0.25) is 15.0 Å². The van der Waals surface area contributed by atoms with Gasteiger partial charge in [-0.1, -0.05) is 0 Å². The third-order valence-electron chi connectivity index (χ3n) is 6.15. The van der Waals surface area contributed by atoms with Crippen molar-refractivity contribution in [2.24, 2.45) is 0 Å². The Morgan fingerprint density at radius 1 is 1.21 bits per heavy atom. The van der Waals surface area contributed by atoms with Crippen LogP contribution in [0, 0.1) is 11.3 Å². The number of carbonyl (C=O) groups is 2. The van der Waals surface area contributed by atoms with E-state index in [1.807, 2.05) is 6.07 Å². The first kappa shape index (κ1) is 29.7. The summed E-state index contributed by atoms with van der Waals surface area (Å²) in [6, 6.07) is 5.22. The predicted octanol–water partition coefficient (Wildman–Crippen LogP) is 2.29. The predicted molar refractivity (Wildman–Crippen MR) is 143 cm³/mol. The number of anilines is 3. The molecule has 13 nitrogen and oxygen atoms in total. The molecule has 2 aromatic heterocycles. The summed E-state index contributed by atoms with van der Waals surface area (Å²) >= 11 is 0. The van der Waals surface area contributed by atoms with Crippen molar-refractivity contribution in [3.8, 4) is 6.07 Å². The Labute approximate surface area is 228 Å². The highest BCUT2D eigenvalue weighted by molar-refractivity contribution is 6.01. The maximum Gasteiger partial charge on any atom is 0.328 e. The number of ether oxygens (including phenoxy) is 4. The fourth-order valence-electron chi connectivity index (χ4n) is 4.21. The molecule has 3 heterocycles. The average molecular weight is 542 g/mol. The monoisotopic (exact) mass is 541 g/mol. The van der Waals surface area contributed by atoms with E-state index in [9.17, 15) is 14.9 Å². The minimum absolute atomic E-state index is 0.0386. The zero-order chi connectivity index (χ0) is 28.4. The molecule has 0 bridgehead atoms. The maximum absolute atomic E-state index is 13.4. The average Bonchev–Trinajstić information content (AvgIpc) is 2.94. The van der Waals surface area contributed by atoms with Gasteiger partial charge in [-0.15, -0.1) is 0 Å². The van der Waals surface area contributed by atoms with Gasteiger partial charge in [0.1, 0.15) is 30.0 Å². The molecule has 39 heavy (non-hydrogen) atoms. The normalized spacial score (nSPS) is 12.6. The minimum Gasteiger partial charge on any atom is -0.383 e. The van der Waals surface area contributed by atoms with Gasteiger partial charge >= 0.3 is 6.03 Å². The van der Waals surface area contributed by atoms with Crippen LogP contribution in [0.15, 0.2) is 18.3 Å². The van der Waals surface area contributed by atoms with E-state index in [-0.39, 0.29) is 24.9 Å². The second-order valence-electron chi connectivity index (χ2n) is 8.83. The molecule has 0 spiro atoms. The van der Waals surface area contributed by atoms with Crippen LogP contribution in [0.25, 0.3) is 0 Å². The Morgan fingerprint density at radius 2 is 1.97 bits per heavy atom. The van der Waals surface area contributed by atoms with Crippen molar-refractivity contribution >= 4 is 29.3 Å². The lowest BCUT2D eigenvalue weighted by Gasteiger charge is -2.31. The lowest BCUT2D eigenvalue weighted by atomic mass is 10.0. The SMILES string of the molecule is COCCNc1cc(NC(=O)N2CCCc3cc(CN(C)C(=O)COC)c(C(OC)OC)nc32)ncc1C#N. The molecule has 2 N–H and O–H groups in total. The quantitative estimate of drug-likeness (QED) is 0.302. The summed E-state index contributed by atoms with van der Waals surface area (Å²) in [6.45, 7) is 1.61. The van der Waals surface area contributed by atoms with Gasteiger partial charge < -0.3 is 29.2 Å². The number of rotatable bonds is 12. The molecule has 1 aliphatic heterocycles. The third-order valence-corrected chi connectivity index (χ3v) is 6.15. The van der Waals surface area contributed by atoms with Gasteiger partial charge in [0, 0.05) is 67.4 Å². The fraction of sp³-hybridized carbons (Fsp3) is 0.500. The van der Waals surface area contributed by atoms with E-state index in [0.29, 0.717) is 48.9 Å². The molecule has 13 heteroatoms. The maximum atomic E-state index is 13.4. The Bertz CT molecular complexity index is 1200. The van der Waals surface area contributed by atoms with Crippen LogP contribution in [0.2, 0.25) is 0 Å². The Balaban J connectivity index is 1.90. The number of hydrogen-bond donors (Lipinski definition) is 2. The molecular weight excluding hydrogens is 506 g/mol. The molecule has 3 amide bonds. The number of urea groups is 1. The number of nitrogens with one attached hydrogen (secondary N) is 2. The number of likely N-dealkylation sites (N-methyl/N-ethyl adjacent to an activating group) is 1. The smallest absolute Gasteiger partial charge is 0.328 e. The molecule has 2 aromatic rings. The second-order valence-corrected chi connectivity index (χ2v) is 8.83. The van der Waals surface area contributed by atoms with E-state index in [2.05, 4.69) is 21.7 Å². The Hall–Kier alpha value is -3.83. The fourth-order valence-corrected chi connectivity index (χ4v) is 4.21. The van der Waals surface area contributed by atoms with E-state index in [1.54, 1.807) is 30.0 Å². The lowest BCUT2D eigenvalue weighted by molar-refractivity contribution is -0.134. The molecule has 0 saturated heterocycles. The van der Waals surface area contributed by atoms with Crippen molar-refractivity contribution in [3.63, 3.8) is 0 Å². The first-order chi connectivity index (χ1) is 18.9. The van der Waals surface area contributed by atoms with Crippen molar-refractivity contribution in [2.45, 2.75) is 25.7 Å². The number of pyridine rings is 2. The molecule has 0 atom stereocenters. The van der Waals surface area contributed by atoms with Crippen LogP contribution in [0.1, 0.15) is 35.1 Å². The van der Waals surface area contributed by atoms with Crippen LogP contribution >= 0.6 is 0 Å². The lowest BCUT2D eigenvalue weighted by Crippen LogP contribution is -2.40. The van der Waals surface area contributed by atoms with Crippen LogP contribution in [0.4, 0.5) is 22.1 Å². The van der Waals surface area contributed by atoms with Crippen LogP contribution in [-0.4, -0.2) is 88.6 Å². The van der Waals surface area contributed by atoms with Gasteiger partial charge in [0.15, 0.2) is 0 Å². The van der Waals surface area contributed by atoms with Gasteiger partial charge in [0.2, 0.25) is 12.2 Å². The van der Waals surface area contributed by atoms with Gasteiger partial charge in [0.05, 0.1) is 17.9 Å². The van der Waals surface area contributed by atoms with Crippen molar-refractivity contribution in [2.75, 3.05) is 77.3 Å². The number of aromatic nitrogens is 2. The highest BCUT2D eigenvalue weighted by Gasteiger charge is 2.29. The number of fused-ring (bicyclic) bond motifs is 1. The number of amides is 3. The second kappa shape index (κ2) is 14.4. The highest BCUT2D eigenvalue weighted by atomic mass is 16.7. The highest BCUT2D eigenvalue weighted by Crippen LogP contribution is 2.32. The number of carbonyl (C=O) groups excluding carboxylic acids is 2. The van der Waals surface area contributed by atoms with E-state index >= 15 is 0 Å². The van der Waals surface area contributed by atoms with Gasteiger partial charge in [0.25, 0.3) is 0 Å². The molecule has 0 aromatic carbocycles. The van der Waals surface area contributed by atoms with Crippen molar-refractivity contribution in [1.82, 2.24) is 14.9 Å². The molecule has 0 saturated carbocycles. The summed E-state index contributed by atoms with van der Waals surface area (Å²) in [5.74, 6) is 0.585. The Morgan fingerprint density at radius 3 is 2.64 bits per heavy atom. The summed E-state index contributed by atoms with van der Waals surface area (Å²) in [5, 5.41) is 15.3. The summed E-state index contributed by atoms with van der Waals surface area (Å²) in [5.41, 5.74) is 2.97. The standard InChI is InChI=1S/C26H35N7O6/c1-32(22(34)16-37-3)15-18-11-17-7-6-9-33(24(17)31-23(18)25(38-4)39-5)26(35)30-21-12-20(28-8-10-36-2)19(13-27)14-29-21/h11-12,14,25H,6-10,15-16H2,1-5H3,(H2,28,29,30,35). The van der Waals surface area contributed by atoms with Crippen molar-refractivity contribution in [3.05, 3.63) is 40.7 Å². The largest absolute Gasteiger partial charge is 0.383 e. The number of methoxy groups -OCH3 is 4. The van der Waals surface area contributed by atoms with Gasteiger partial charge in [-0.2, -0.15) is 5.26 Å².